The Kier molecular flexibility index (Phi) is 6.85. The van der Waals surface area contributed by atoms with Gasteiger partial charge in [0.2, 0.25) is 5.91 Å². The van der Waals surface area contributed by atoms with Crippen LogP contribution in [0.25, 0.3) is 0 Å². The van der Waals surface area contributed by atoms with Crippen molar-refractivity contribution in [3.8, 4) is 0 Å². The van der Waals surface area contributed by atoms with Crippen LogP contribution in [0.3, 0.4) is 0 Å². The first-order valence-electron chi connectivity index (χ1n) is 9.96. The van der Waals surface area contributed by atoms with Gasteiger partial charge in [0.25, 0.3) is 5.91 Å². The van der Waals surface area contributed by atoms with E-state index in [9.17, 15) is 9.59 Å². The van der Waals surface area contributed by atoms with Crippen LogP contribution in [0.15, 0.2) is 24.3 Å². The van der Waals surface area contributed by atoms with Crippen molar-refractivity contribution in [2.24, 2.45) is 11.8 Å². The number of amides is 2. The maximum atomic E-state index is 12.4. The monoisotopic (exact) mass is 373 g/mol. The van der Waals surface area contributed by atoms with Crippen molar-refractivity contribution in [2.75, 3.05) is 45.9 Å². The molecule has 2 aliphatic rings. The number of hydrogen-bond donors (Lipinski definition) is 1. The first-order chi connectivity index (χ1) is 13.0. The number of benzene rings is 1. The third-order valence-electron chi connectivity index (χ3n) is 5.30. The van der Waals surface area contributed by atoms with Crippen LogP contribution >= 0.6 is 0 Å². The number of likely N-dealkylation sites (tertiary alicyclic amines) is 1. The van der Waals surface area contributed by atoms with Crippen LogP contribution in [-0.2, 0) is 16.1 Å². The molecule has 6 nitrogen and oxygen atoms in total. The molecule has 3 rings (SSSR count). The van der Waals surface area contributed by atoms with E-state index in [-0.39, 0.29) is 11.8 Å². The number of rotatable bonds is 5. The van der Waals surface area contributed by atoms with Crippen molar-refractivity contribution in [2.45, 2.75) is 26.8 Å². The second kappa shape index (κ2) is 9.33. The van der Waals surface area contributed by atoms with Gasteiger partial charge in [0, 0.05) is 38.3 Å². The summed E-state index contributed by atoms with van der Waals surface area (Å²) in [5, 5.41) is 3.00. The number of morpholine rings is 1. The predicted molar refractivity (Wildman–Crippen MR) is 104 cm³/mol. The molecule has 2 unspecified atom stereocenters. The van der Waals surface area contributed by atoms with Gasteiger partial charge in [-0.05, 0) is 36.0 Å². The van der Waals surface area contributed by atoms with E-state index < -0.39 is 0 Å². The number of nitrogens with one attached hydrogen (secondary N) is 1. The molecule has 1 N–H and O–H groups in total. The van der Waals surface area contributed by atoms with Crippen molar-refractivity contribution in [3.05, 3.63) is 35.4 Å². The summed E-state index contributed by atoms with van der Waals surface area (Å²) < 4.78 is 5.29. The summed E-state index contributed by atoms with van der Waals surface area (Å²) in [6.07, 6.45) is 1.24. The van der Waals surface area contributed by atoms with Gasteiger partial charge in [-0.15, -0.1) is 0 Å². The Bertz CT molecular complexity index is 631. The molecule has 2 aliphatic heterocycles. The minimum absolute atomic E-state index is 0.0437. The molecule has 148 valence electrons. The molecule has 2 amide bonds. The molecule has 2 fully saturated rings. The van der Waals surface area contributed by atoms with Crippen LogP contribution in [-0.4, -0.2) is 67.6 Å². The minimum Gasteiger partial charge on any atom is -0.378 e. The summed E-state index contributed by atoms with van der Waals surface area (Å²) in [7, 11) is 0. The molecule has 0 saturated carbocycles. The zero-order chi connectivity index (χ0) is 19.2. The lowest BCUT2D eigenvalue weighted by Gasteiger charge is -2.34. The maximum Gasteiger partial charge on any atom is 0.254 e. The molecule has 0 spiro atoms. The van der Waals surface area contributed by atoms with E-state index in [0.29, 0.717) is 56.8 Å². The van der Waals surface area contributed by atoms with Gasteiger partial charge < -0.3 is 15.0 Å². The Hall–Kier alpha value is -1.92. The summed E-state index contributed by atoms with van der Waals surface area (Å²) in [6, 6.07) is 7.51. The average molecular weight is 373 g/mol. The fourth-order valence-corrected chi connectivity index (χ4v) is 4.09. The summed E-state index contributed by atoms with van der Waals surface area (Å²) in [4.78, 5) is 28.8. The van der Waals surface area contributed by atoms with E-state index in [1.807, 2.05) is 29.2 Å². The number of piperidine rings is 1. The highest BCUT2D eigenvalue weighted by atomic mass is 16.5. The molecule has 0 bridgehead atoms. The van der Waals surface area contributed by atoms with E-state index in [0.717, 1.165) is 18.7 Å². The maximum absolute atomic E-state index is 12.4. The molecular formula is C21H31N3O3. The number of carbonyl (C=O) groups is 2. The highest BCUT2D eigenvalue weighted by molar-refractivity contribution is 5.94. The fourth-order valence-electron chi connectivity index (χ4n) is 4.09. The van der Waals surface area contributed by atoms with Gasteiger partial charge in [-0.1, -0.05) is 26.0 Å². The van der Waals surface area contributed by atoms with E-state index in [1.54, 1.807) is 0 Å². The zero-order valence-corrected chi connectivity index (χ0v) is 16.4. The largest absolute Gasteiger partial charge is 0.378 e. The van der Waals surface area contributed by atoms with Crippen LogP contribution in [0.2, 0.25) is 0 Å². The number of nitrogens with zero attached hydrogens (tertiary/aromatic N) is 2. The third-order valence-corrected chi connectivity index (χ3v) is 5.30. The van der Waals surface area contributed by atoms with Gasteiger partial charge in [-0.25, -0.2) is 0 Å². The summed E-state index contributed by atoms with van der Waals surface area (Å²) in [5.74, 6) is 1.41. The van der Waals surface area contributed by atoms with Crippen molar-refractivity contribution >= 4 is 11.8 Å². The Labute approximate surface area is 161 Å². The molecular weight excluding hydrogens is 342 g/mol. The quantitative estimate of drug-likeness (QED) is 0.854. The molecule has 0 aromatic heterocycles. The van der Waals surface area contributed by atoms with Crippen LogP contribution in [0.5, 0.6) is 0 Å². The minimum atomic E-state index is 0.0437. The Balaban J connectivity index is 1.45. The SMILES string of the molecule is CC1CC(C)CN(CC(=O)NCc2ccc(C(=O)N3CCOCC3)cc2)C1. The van der Waals surface area contributed by atoms with E-state index in [1.165, 1.54) is 6.42 Å². The Morgan fingerprint density at radius 2 is 1.70 bits per heavy atom. The van der Waals surface area contributed by atoms with Crippen LogP contribution in [0, 0.1) is 11.8 Å². The number of hydrogen-bond acceptors (Lipinski definition) is 4. The van der Waals surface area contributed by atoms with Crippen LogP contribution in [0.4, 0.5) is 0 Å². The van der Waals surface area contributed by atoms with E-state index >= 15 is 0 Å². The van der Waals surface area contributed by atoms with E-state index in [4.69, 9.17) is 4.74 Å². The van der Waals surface area contributed by atoms with Gasteiger partial charge in [-0.2, -0.15) is 0 Å². The highest BCUT2D eigenvalue weighted by Crippen LogP contribution is 2.20. The highest BCUT2D eigenvalue weighted by Gasteiger charge is 2.23. The summed E-state index contributed by atoms with van der Waals surface area (Å²) in [6.45, 7) is 9.93. The van der Waals surface area contributed by atoms with Gasteiger partial charge in [0.15, 0.2) is 0 Å². The van der Waals surface area contributed by atoms with Gasteiger partial charge >= 0.3 is 0 Å². The van der Waals surface area contributed by atoms with Gasteiger partial charge in [0.05, 0.1) is 19.8 Å². The molecule has 2 saturated heterocycles. The average Bonchev–Trinajstić information content (AvgIpc) is 2.66. The summed E-state index contributed by atoms with van der Waals surface area (Å²) >= 11 is 0. The van der Waals surface area contributed by atoms with Crippen molar-refractivity contribution in [3.63, 3.8) is 0 Å². The first-order valence-corrected chi connectivity index (χ1v) is 9.96. The smallest absolute Gasteiger partial charge is 0.254 e. The van der Waals surface area contributed by atoms with Crippen LogP contribution in [0.1, 0.15) is 36.2 Å². The van der Waals surface area contributed by atoms with E-state index in [2.05, 4.69) is 24.1 Å². The second-order valence-corrected chi connectivity index (χ2v) is 8.02. The second-order valence-electron chi connectivity index (χ2n) is 8.02. The molecule has 1 aromatic rings. The lowest BCUT2D eigenvalue weighted by molar-refractivity contribution is -0.123. The zero-order valence-electron chi connectivity index (χ0n) is 16.4. The van der Waals surface area contributed by atoms with Gasteiger partial charge in [0.1, 0.15) is 0 Å². The topological polar surface area (TPSA) is 61.9 Å². The standard InChI is InChI=1S/C21H31N3O3/c1-16-11-17(2)14-23(13-16)15-20(25)22-12-18-3-5-19(6-4-18)21(26)24-7-9-27-10-8-24/h3-6,16-17H,7-15H2,1-2H3,(H,22,25). The summed E-state index contributed by atoms with van der Waals surface area (Å²) in [5.41, 5.74) is 1.69. The van der Waals surface area contributed by atoms with Crippen molar-refractivity contribution in [1.82, 2.24) is 15.1 Å². The molecule has 6 heteroatoms. The molecule has 0 radical (unpaired) electrons. The lowest BCUT2D eigenvalue weighted by atomic mass is 9.92. The van der Waals surface area contributed by atoms with Crippen LogP contribution < -0.4 is 5.32 Å². The molecule has 2 atom stereocenters. The lowest BCUT2D eigenvalue weighted by Crippen LogP contribution is -2.44. The predicted octanol–water partition coefficient (Wildman–Crippen LogP) is 1.75. The molecule has 27 heavy (non-hydrogen) atoms. The Morgan fingerprint density at radius 1 is 1.07 bits per heavy atom. The molecule has 0 aliphatic carbocycles. The molecule has 1 aromatic carbocycles. The molecule has 2 heterocycles. The van der Waals surface area contributed by atoms with Gasteiger partial charge in [-0.3, -0.25) is 14.5 Å². The first kappa shape index (κ1) is 19.8. The number of ether oxygens (including phenoxy) is 1. The Morgan fingerprint density at radius 3 is 2.33 bits per heavy atom. The fraction of sp³-hybridized carbons (Fsp3) is 0.619. The van der Waals surface area contributed by atoms with Crippen molar-refractivity contribution < 1.29 is 14.3 Å². The normalized spacial score (nSPS) is 23.9. The number of carbonyl (C=O) groups excluding carboxylic acids is 2. The third kappa shape index (κ3) is 5.78. The van der Waals surface area contributed by atoms with Crippen molar-refractivity contribution in [1.29, 1.82) is 0 Å².